The van der Waals surface area contributed by atoms with Crippen molar-refractivity contribution in [3.05, 3.63) is 53.3 Å². The molecular weight excluding hydrogens is 302 g/mol. The van der Waals surface area contributed by atoms with Gasteiger partial charge in [-0.05, 0) is 18.6 Å². The Balaban J connectivity index is 1.68. The van der Waals surface area contributed by atoms with Crippen molar-refractivity contribution in [1.82, 2.24) is 24.9 Å². The number of benzene rings is 1. The van der Waals surface area contributed by atoms with Crippen molar-refractivity contribution in [3.63, 3.8) is 0 Å². The molecule has 128 valence electrons. The van der Waals surface area contributed by atoms with E-state index in [1.807, 2.05) is 10.9 Å². The van der Waals surface area contributed by atoms with Crippen LogP contribution in [-0.2, 0) is 13.1 Å². The molecule has 0 bridgehead atoms. The number of nitrogens with one attached hydrogen (secondary N) is 1. The summed E-state index contributed by atoms with van der Waals surface area (Å²) >= 11 is 0. The topological polar surface area (TPSA) is 53.4 Å². The lowest BCUT2D eigenvalue weighted by molar-refractivity contribution is 0.162. The van der Waals surface area contributed by atoms with E-state index < -0.39 is 0 Å². The van der Waals surface area contributed by atoms with E-state index >= 15 is 0 Å². The van der Waals surface area contributed by atoms with Gasteiger partial charge in [0.2, 0.25) is 0 Å². The maximum Gasteiger partial charge on any atom is 0.316 e. The van der Waals surface area contributed by atoms with Crippen molar-refractivity contribution in [2.24, 2.45) is 0 Å². The Hall–Kier alpha value is -2.34. The largest absolute Gasteiger partial charge is 0.336 e. The number of carbonyl (C=O) groups is 1. The van der Waals surface area contributed by atoms with Gasteiger partial charge in [0.25, 0.3) is 0 Å². The Morgan fingerprint density at radius 3 is 2.75 bits per heavy atom. The summed E-state index contributed by atoms with van der Waals surface area (Å²) in [6.07, 6.45) is 1.84. The third-order valence-corrected chi connectivity index (χ3v) is 4.37. The second kappa shape index (κ2) is 7.05. The van der Waals surface area contributed by atoms with Gasteiger partial charge in [0.1, 0.15) is 0 Å². The number of urea groups is 1. The van der Waals surface area contributed by atoms with Crippen molar-refractivity contribution in [2.45, 2.75) is 26.1 Å². The standard InChI is InChI=1S/C18H25N5O/c1-14-4-6-15(7-5-14)11-22-12-16-8-9-20-23(16)17(13-22)10-19-18(24)21(2)3/h4-9,17H,10-13H2,1-3H3,(H,19,24)/t17-/m0/s1. The van der Waals surface area contributed by atoms with Gasteiger partial charge < -0.3 is 10.2 Å². The molecule has 0 radical (unpaired) electrons. The Kier molecular flexibility index (Phi) is 4.85. The monoisotopic (exact) mass is 327 g/mol. The molecule has 0 fully saturated rings. The van der Waals surface area contributed by atoms with Crippen LogP contribution in [0.3, 0.4) is 0 Å². The van der Waals surface area contributed by atoms with Crippen LogP contribution in [0, 0.1) is 6.92 Å². The molecule has 2 heterocycles. The molecule has 6 nitrogen and oxygen atoms in total. The van der Waals surface area contributed by atoms with Gasteiger partial charge in [-0.15, -0.1) is 0 Å². The molecular formula is C18H25N5O. The lowest BCUT2D eigenvalue weighted by atomic mass is 10.1. The van der Waals surface area contributed by atoms with Crippen LogP contribution >= 0.6 is 0 Å². The Bertz CT molecular complexity index is 692. The van der Waals surface area contributed by atoms with E-state index in [2.05, 4.69) is 52.6 Å². The number of nitrogens with zero attached hydrogens (tertiary/aromatic N) is 4. The Morgan fingerprint density at radius 2 is 2.04 bits per heavy atom. The van der Waals surface area contributed by atoms with Gasteiger partial charge in [-0.1, -0.05) is 29.8 Å². The van der Waals surface area contributed by atoms with Gasteiger partial charge in [0, 0.05) is 46.5 Å². The van der Waals surface area contributed by atoms with Gasteiger partial charge in [-0.25, -0.2) is 4.79 Å². The van der Waals surface area contributed by atoms with Crippen molar-refractivity contribution in [1.29, 1.82) is 0 Å². The van der Waals surface area contributed by atoms with Crippen LogP contribution in [0.4, 0.5) is 4.79 Å². The smallest absolute Gasteiger partial charge is 0.316 e. The van der Waals surface area contributed by atoms with E-state index in [4.69, 9.17) is 0 Å². The fourth-order valence-corrected chi connectivity index (χ4v) is 3.05. The van der Waals surface area contributed by atoms with Crippen molar-refractivity contribution in [2.75, 3.05) is 27.2 Å². The first kappa shape index (κ1) is 16.5. The van der Waals surface area contributed by atoms with Crippen LogP contribution in [-0.4, -0.2) is 52.8 Å². The third kappa shape index (κ3) is 3.76. The van der Waals surface area contributed by atoms with Gasteiger partial charge in [0.05, 0.1) is 11.7 Å². The predicted octanol–water partition coefficient (Wildman–Crippen LogP) is 2.02. The first-order chi connectivity index (χ1) is 11.5. The average Bonchev–Trinajstić information content (AvgIpc) is 3.03. The maximum atomic E-state index is 11.8. The van der Waals surface area contributed by atoms with E-state index in [0.717, 1.165) is 19.6 Å². The van der Waals surface area contributed by atoms with Gasteiger partial charge in [-0.3, -0.25) is 9.58 Å². The predicted molar refractivity (Wildman–Crippen MR) is 93.6 cm³/mol. The summed E-state index contributed by atoms with van der Waals surface area (Å²) in [7, 11) is 3.50. The molecule has 1 aliphatic rings. The molecule has 1 aliphatic heterocycles. The minimum atomic E-state index is -0.0700. The summed E-state index contributed by atoms with van der Waals surface area (Å²) < 4.78 is 2.04. The normalized spacial score (nSPS) is 17.4. The summed E-state index contributed by atoms with van der Waals surface area (Å²) in [5.41, 5.74) is 3.78. The number of hydrogen-bond donors (Lipinski definition) is 1. The molecule has 1 aromatic heterocycles. The number of amides is 2. The first-order valence-electron chi connectivity index (χ1n) is 8.28. The highest BCUT2D eigenvalue weighted by atomic mass is 16.2. The van der Waals surface area contributed by atoms with E-state index in [1.54, 1.807) is 19.0 Å². The summed E-state index contributed by atoms with van der Waals surface area (Å²) in [4.78, 5) is 15.8. The highest BCUT2D eigenvalue weighted by Gasteiger charge is 2.26. The van der Waals surface area contributed by atoms with Crippen molar-refractivity contribution < 1.29 is 4.79 Å². The van der Waals surface area contributed by atoms with Gasteiger partial charge in [-0.2, -0.15) is 5.10 Å². The van der Waals surface area contributed by atoms with Crippen LogP contribution in [0.25, 0.3) is 0 Å². The summed E-state index contributed by atoms with van der Waals surface area (Å²) in [5.74, 6) is 0. The van der Waals surface area contributed by atoms with Crippen molar-refractivity contribution in [3.8, 4) is 0 Å². The second-order valence-corrected chi connectivity index (χ2v) is 6.66. The van der Waals surface area contributed by atoms with E-state index in [0.29, 0.717) is 6.54 Å². The highest BCUT2D eigenvalue weighted by molar-refractivity contribution is 5.73. The number of aromatic nitrogens is 2. The molecule has 2 aromatic rings. The number of aryl methyl sites for hydroxylation is 1. The highest BCUT2D eigenvalue weighted by Crippen LogP contribution is 2.21. The molecule has 24 heavy (non-hydrogen) atoms. The molecule has 1 aromatic carbocycles. The van der Waals surface area contributed by atoms with Gasteiger partial charge in [0.15, 0.2) is 0 Å². The van der Waals surface area contributed by atoms with E-state index in [-0.39, 0.29) is 12.1 Å². The maximum absolute atomic E-state index is 11.8. The molecule has 0 saturated carbocycles. The SMILES string of the molecule is Cc1ccc(CN2Cc3ccnn3[C@@H](CNC(=O)N(C)C)C2)cc1. The second-order valence-electron chi connectivity index (χ2n) is 6.66. The number of carbonyl (C=O) groups excluding carboxylic acids is 1. The fraction of sp³-hybridized carbons (Fsp3) is 0.444. The minimum Gasteiger partial charge on any atom is -0.336 e. The van der Waals surface area contributed by atoms with Crippen LogP contribution in [0.1, 0.15) is 22.9 Å². The fourth-order valence-electron chi connectivity index (χ4n) is 3.05. The lowest BCUT2D eigenvalue weighted by Gasteiger charge is -2.34. The number of hydrogen-bond acceptors (Lipinski definition) is 3. The average molecular weight is 327 g/mol. The molecule has 1 atom stereocenters. The quantitative estimate of drug-likeness (QED) is 0.935. The Labute approximate surface area is 143 Å². The van der Waals surface area contributed by atoms with Crippen molar-refractivity contribution >= 4 is 6.03 Å². The summed E-state index contributed by atoms with van der Waals surface area (Å²) in [6.45, 7) is 5.34. The molecule has 1 N–H and O–H groups in total. The number of fused-ring (bicyclic) bond motifs is 1. The first-order valence-corrected chi connectivity index (χ1v) is 8.28. The zero-order valence-electron chi connectivity index (χ0n) is 14.6. The van der Waals surface area contributed by atoms with Crippen LogP contribution < -0.4 is 5.32 Å². The van der Waals surface area contributed by atoms with Gasteiger partial charge >= 0.3 is 6.03 Å². The molecule has 0 aliphatic carbocycles. The molecule has 2 amide bonds. The molecule has 0 unspecified atom stereocenters. The van der Waals surface area contributed by atoms with Crippen LogP contribution in [0.5, 0.6) is 0 Å². The lowest BCUT2D eigenvalue weighted by Crippen LogP contribution is -2.44. The van der Waals surface area contributed by atoms with E-state index in [9.17, 15) is 4.79 Å². The molecule has 0 spiro atoms. The zero-order valence-corrected chi connectivity index (χ0v) is 14.6. The summed E-state index contributed by atoms with van der Waals surface area (Å²) in [6, 6.07) is 10.8. The number of rotatable bonds is 4. The molecule has 3 rings (SSSR count). The molecule has 6 heteroatoms. The van der Waals surface area contributed by atoms with E-state index in [1.165, 1.54) is 16.8 Å². The zero-order chi connectivity index (χ0) is 17.1. The Morgan fingerprint density at radius 1 is 1.29 bits per heavy atom. The summed E-state index contributed by atoms with van der Waals surface area (Å²) in [5, 5.41) is 7.41. The third-order valence-electron chi connectivity index (χ3n) is 4.37. The minimum absolute atomic E-state index is 0.0700. The molecule has 0 saturated heterocycles. The van der Waals surface area contributed by atoms with Crippen LogP contribution in [0.2, 0.25) is 0 Å². The van der Waals surface area contributed by atoms with Crippen LogP contribution in [0.15, 0.2) is 36.5 Å².